The quantitative estimate of drug-likeness (QED) is 0.711. The van der Waals surface area contributed by atoms with Gasteiger partial charge < -0.3 is 19.6 Å². The number of hydrogen-bond donors (Lipinski definition) is 1. The van der Waals surface area contributed by atoms with Gasteiger partial charge in [0.15, 0.2) is 0 Å². The average molecular weight is 348 g/mol. The van der Waals surface area contributed by atoms with Crippen LogP contribution in [0.25, 0.3) is 0 Å². The Labute approximate surface area is 151 Å². The monoisotopic (exact) mass is 348 g/mol. The van der Waals surface area contributed by atoms with E-state index in [1.807, 2.05) is 42.5 Å². The Balaban J connectivity index is 1.69. The summed E-state index contributed by atoms with van der Waals surface area (Å²) in [5, 5.41) is 13.9. The van der Waals surface area contributed by atoms with Crippen LogP contribution >= 0.6 is 0 Å². The number of furan rings is 1. The number of rotatable bonds is 7. The van der Waals surface area contributed by atoms with Gasteiger partial charge in [0.05, 0.1) is 12.2 Å². The summed E-state index contributed by atoms with van der Waals surface area (Å²) >= 11 is 0. The molecule has 0 bridgehead atoms. The van der Waals surface area contributed by atoms with Gasteiger partial charge in [0.1, 0.15) is 5.76 Å². The third-order valence-corrected chi connectivity index (χ3v) is 4.20. The van der Waals surface area contributed by atoms with E-state index in [9.17, 15) is 14.7 Å². The van der Waals surface area contributed by atoms with Gasteiger partial charge in [0.2, 0.25) is 0 Å². The van der Waals surface area contributed by atoms with E-state index in [1.165, 1.54) is 12.1 Å². The van der Waals surface area contributed by atoms with Crippen molar-refractivity contribution < 1.29 is 19.1 Å². The SMILES string of the molecule is O=C([O-])c1ccccc1C(=O)NCC[C@@H](c1ccccc1)c1ccco1. The lowest BCUT2D eigenvalue weighted by Gasteiger charge is -2.16. The smallest absolute Gasteiger partial charge is 0.251 e. The second kappa shape index (κ2) is 8.16. The third kappa shape index (κ3) is 4.00. The van der Waals surface area contributed by atoms with Crippen molar-refractivity contribution in [3.63, 3.8) is 0 Å². The van der Waals surface area contributed by atoms with Crippen LogP contribution < -0.4 is 10.4 Å². The summed E-state index contributed by atoms with van der Waals surface area (Å²) in [6, 6.07) is 19.6. The van der Waals surface area contributed by atoms with E-state index in [0.717, 1.165) is 11.3 Å². The van der Waals surface area contributed by atoms with Crippen LogP contribution in [0.2, 0.25) is 0 Å². The molecule has 0 aliphatic rings. The molecule has 0 fully saturated rings. The van der Waals surface area contributed by atoms with E-state index in [1.54, 1.807) is 18.4 Å². The summed E-state index contributed by atoms with van der Waals surface area (Å²) in [6.45, 7) is 0.375. The number of benzene rings is 2. The molecule has 5 heteroatoms. The lowest BCUT2D eigenvalue weighted by molar-refractivity contribution is -0.255. The van der Waals surface area contributed by atoms with Crippen molar-refractivity contribution in [2.45, 2.75) is 12.3 Å². The maximum absolute atomic E-state index is 12.3. The topological polar surface area (TPSA) is 82.4 Å². The zero-order valence-electron chi connectivity index (χ0n) is 14.1. The molecule has 1 N–H and O–H groups in total. The van der Waals surface area contributed by atoms with Gasteiger partial charge in [-0.05, 0) is 30.2 Å². The Morgan fingerprint density at radius 3 is 2.27 bits per heavy atom. The fraction of sp³-hybridized carbons (Fsp3) is 0.143. The molecule has 26 heavy (non-hydrogen) atoms. The molecule has 0 saturated carbocycles. The molecular formula is C21H18NO4-. The van der Waals surface area contributed by atoms with Gasteiger partial charge in [0, 0.05) is 23.6 Å². The minimum atomic E-state index is -1.37. The fourth-order valence-electron chi connectivity index (χ4n) is 2.93. The van der Waals surface area contributed by atoms with Crippen LogP contribution in [0.5, 0.6) is 0 Å². The van der Waals surface area contributed by atoms with E-state index in [-0.39, 0.29) is 17.0 Å². The second-order valence-corrected chi connectivity index (χ2v) is 5.86. The molecule has 1 amide bonds. The first-order chi connectivity index (χ1) is 12.7. The van der Waals surface area contributed by atoms with Crippen LogP contribution in [0.1, 0.15) is 44.4 Å². The molecule has 3 rings (SSSR count). The van der Waals surface area contributed by atoms with Crippen molar-refractivity contribution in [3.05, 3.63) is 95.4 Å². The van der Waals surface area contributed by atoms with Gasteiger partial charge in [-0.25, -0.2) is 0 Å². The number of carboxylic acid groups (broad SMARTS) is 1. The molecule has 0 saturated heterocycles. The maximum atomic E-state index is 12.3. The van der Waals surface area contributed by atoms with Gasteiger partial charge in [-0.1, -0.05) is 48.5 Å². The highest BCUT2D eigenvalue weighted by atomic mass is 16.4. The molecule has 2 aromatic carbocycles. The van der Waals surface area contributed by atoms with Gasteiger partial charge in [0.25, 0.3) is 5.91 Å². The van der Waals surface area contributed by atoms with Crippen LogP contribution in [0.4, 0.5) is 0 Å². The van der Waals surface area contributed by atoms with E-state index < -0.39 is 11.9 Å². The van der Waals surface area contributed by atoms with Crippen LogP contribution in [0.3, 0.4) is 0 Å². The summed E-state index contributed by atoms with van der Waals surface area (Å²) < 4.78 is 5.54. The van der Waals surface area contributed by atoms with Crippen LogP contribution in [0.15, 0.2) is 77.4 Å². The van der Waals surface area contributed by atoms with Gasteiger partial charge in [-0.15, -0.1) is 0 Å². The molecule has 132 valence electrons. The third-order valence-electron chi connectivity index (χ3n) is 4.20. The molecule has 1 aromatic heterocycles. The van der Waals surface area contributed by atoms with Crippen molar-refractivity contribution in [2.75, 3.05) is 6.54 Å². The molecule has 0 radical (unpaired) electrons. The highest BCUT2D eigenvalue weighted by Crippen LogP contribution is 2.27. The number of hydrogen-bond acceptors (Lipinski definition) is 4. The summed E-state index contributed by atoms with van der Waals surface area (Å²) in [5.41, 5.74) is 1.07. The molecule has 5 nitrogen and oxygen atoms in total. The minimum Gasteiger partial charge on any atom is -0.545 e. The standard InChI is InChI=1S/C21H19NO4/c23-20(17-9-4-5-10-18(17)21(24)25)22-13-12-16(19-11-6-14-26-19)15-7-2-1-3-8-15/h1-11,14,16H,12-13H2,(H,22,23)(H,24,25)/p-1/t16-/m0/s1. The number of nitrogens with one attached hydrogen (secondary N) is 1. The molecule has 3 aromatic rings. The van der Waals surface area contributed by atoms with Crippen LogP contribution in [-0.4, -0.2) is 18.4 Å². The molecule has 0 aliphatic carbocycles. The molecule has 1 heterocycles. The predicted molar refractivity (Wildman–Crippen MR) is 94.7 cm³/mol. The summed E-state index contributed by atoms with van der Waals surface area (Å²) in [4.78, 5) is 23.5. The predicted octanol–water partition coefficient (Wildman–Crippen LogP) is 2.60. The Morgan fingerprint density at radius 1 is 0.923 bits per heavy atom. The molecule has 0 aliphatic heterocycles. The first-order valence-corrected chi connectivity index (χ1v) is 8.33. The zero-order valence-corrected chi connectivity index (χ0v) is 14.1. The first kappa shape index (κ1) is 17.5. The normalized spacial score (nSPS) is 11.7. The highest BCUT2D eigenvalue weighted by Gasteiger charge is 2.18. The zero-order chi connectivity index (χ0) is 18.4. The van der Waals surface area contributed by atoms with Crippen molar-refractivity contribution in [2.24, 2.45) is 0 Å². The Hall–Kier alpha value is -3.34. The van der Waals surface area contributed by atoms with Gasteiger partial charge in [-0.2, -0.15) is 0 Å². The molecular weight excluding hydrogens is 330 g/mol. The Morgan fingerprint density at radius 2 is 1.62 bits per heavy atom. The minimum absolute atomic E-state index is 0.00267. The highest BCUT2D eigenvalue weighted by molar-refractivity contribution is 6.04. The molecule has 1 atom stereocenters. The number of aromatic carboxylic acids is 1. The number of carboxylic acids is 1. The fourth-order valence-corrected chi connectivity index (χ4v) is 2.93. The summed E-state index contributed by atoms with van der Waals surface area (Å²) in [7, 11) is 0. The molecule has 0 spiro atoms. The van der Waals surface area contributed by atoms with Crippen LogP contribution in [-0.2, 0) is 0 Å². The summed E-state index contributed by atoms with van der Waals surface area (Å²) in [6.07, 6.45) is 2.25. The number of carbonyl (C=O) groups is 2. The molecule has 0 unspecified atom stereocenters. The number of carbonyl (C=O) groups excluding carboxylic acids is 2. The lowest BCUT2D eigenvalue weighted by Crippen LogP contribution is -2.30. The van der Waals surface area contributed by atoms with Crippen LogP contribution in [0, 0.1) is 0 Å². The number of amides is 1. The van der Waals surface area contributed by atoms with Crippen molar-refractivity contribution in [3.8, 4) is 0 Å². The summed E-state index contributed by atoms with van der Waals surface area (Å²) in [5.74, 6) is -0.979. The van der Waals surface area contributed by atoms with E-state index in [0.29, 0.717) is 13.0 Å². The average Bonchev–Trinajstić information content (AvgIpc) is 3.20. The Kier molecular flexibility index (Phi) is 5.49. The van der Waals surface area contributed by atoms with Gasteiger partial charge >= 0.3 is 0 Å². The second-order valence-electron chi connectivity index (χ2n) is 5.86. The van der Waals surface area contributed by atoms with E-state index in [2.05, 4.69) is 5.32 Å². The van der Waals surface area contributed by atoms with Crippen molar-refractivity contribution >= 4 is 11.9 Å². The lowest BCUT2D eigenvalue weighted by atomic mass is 9.93. The first-order valence-electron chi connectivity index (χ1n) is 8.33. The Bertz CT molecular complexity index is 872. The van der Waals surface area contributed by atoms with Crippen molar-refractivity contribution in [1.29, 1.82) is 0 Å². The van der Waals surface area contributed by atoms with E-state index >= 15 is 0 Å². The van der Waals surface area contributed by atoms with E-state index in [4.69, 9.17) is 4.42 Å². The largest absolute Gasteiger partial charge is 0.545 e. The maximum Gasteiger partial charge on any atom is 0.251 e. The van der Waals surface area contributed by atoms with Crippen molar-refractivity contribution in [1.82, 2.24) is 5.32 Å². The van der Waals surface area contributed by atoms with Gasteiger partial charge in [-0.3, -0.25) is 4.79 Å².